The van der Waals surface area contributed by atoms with Gasteiger partial charge in [0.05, 0.1) is 6.61 Å². The zero-order valence-electron chi connectivity index (χ0n) is 15.0. The van der Waals surface area contributed by atoms with Crippen LogP contribution >= 0.6 is 0 Å². The van der Waals surface area contributed by atoms with E-state index in [2.05, 4.69) is 20.0 Å². The molecule has 3 heterocycles. The largest absolute Gasteiger partial charge is 0.477 e. The summed E-state index contributed by atoms with van der Waals surface area (Å²) in [7, 11) is 1.99. The lowest BCUT2D eigenvalue weighted by molar-refractivity contribution is 0.0484. The van der Waals surface area contributed by atoms with Crippen LogP contribution in [-0.4, -0.2) is 64.1 Å². The Bertz CT molecular complexity index is 760. The Morgan fingerprint density at radius 3 is 2.88 bits per heavy atom. The van der Waals surface area contributed by atoms with Gasteiger partial charge in [-0.15, -0.1) is 0 Å². The van der Waals surface area contributed by atoms with E-state index in [0.29, 0.717) is 42.9 Å². The van der Waals surface area contributed by atoms with Crippen molar-refractivity contribution in [1.82, 2.24) is 24.9 Å². The Morgan fingerprint density at radius 1 is 1.40 bits per heavy atom. The average molecular weight is 345 g/mol. The van der Waals surface area contributed by atoms with Crippen molar-refractivity contribution < 1.29 is 14.1 Å². The summed E-state index contributed by atoms with van der Waals surface area (Å²) in [5.74, 6) is 1.43. The molecular weight excluding hydrogens is 322 g/mol. The Kier molecular flexibility index (Phi) is 4.98. The Labute approximate surface area is 146 Å². The number of nitrogens with zero attached hydrogens (tertiary/aromatic N) is 5. The molecule has 0 saturated carbocycles. The second-order valence-electron chi connectivity index (χ2n) is 6.17. The normalized spacial score (nSPS) is 18.4. The number of carbonyl (C=O) groups excluding carboxylic acids is 1. The fourth-order valence-corrected chi connectivity index (χ4v) is 2.97. The predicted octanol–water partition coefficient (Wildman–Crippen LogP) is 1.61. The number of hydrogen-bond acceptors (Lipinski definition) is 7. The van der Waals surface area contributed by atoms with Crippen molar-refractivity contribution in [3.63, 3.8) is 0 Å². The summed E-state index contributed by atoms with van der Waals surface area (Å²) in [5, 5.41) is 3.86. The van der Waals surface area contributed by atoms with Gasteiger partial charge in [0, 0.05) is 25.8 Å². The van der Waals surface area contributed by atoms with Gasteiger partial charge in [0.25, 0.3) is 5.91 Å². The fraction of sp³-hybridized carbons (Fsp3) is 0.529. The van der Waals surface area contributed by atoms with Crippen molar-refractivity contribution in [3.05, 3.63) is 35.1 Å². The highest BCUT2D eigenvalue weighted by Gasteiger charge is 2.34. The van der Waals surface area contributed by atoms with Crippen molar-refractivity contribution in [1.29, 1.82) is 0 Å². The van der Waals surface area contributed by atoms with Crippen molar-refractivity contribution in [2.24, 2.45) is 0 Å². The van der Waals surface area contributed by atoms with Crippen molar-refractivity contribution in [3.8, 4) is 5.88 Å². The summed E-state index contributed by atoms with van der Waals surface area (Å²) in [6.07, 6.45) is 1.66. The standard InChI is InChI=1S/C17H23N5O3/c1-5-24-16-14(11(2)6-7-18-16)17(23)22-9-8-21(4)13(10-22)15-19-12(3)20-25-15/h6-7,13H,5,8-10H2,1-4H3. The maximum atomic E-state index is 13.1. The third-order valence-electron chi connectivity index (χ3n) is 4.38. The molecule has 2 aromatic rings. The zero-order chi connectivity index (χ0) is 18.0. The van der Waals surface area contributed by atoms with Crippen molar-refractivity contribution in [2.75, 3.05) is 33.3 Å². The Hall–Kier alpha value is -2.48. The third kappa shape index (κ3) is 3.48. The van der Waals surface area contributed by atoms with E-state index in [1.165, 1.54) is 0 Å². The molecule has 1 atom stereocenters. The number of hydrogen-bond donors (Lipinski definition) is 0. The molecule has 134 valence electrons. The van der Waals surface area contributed by atoms with Gasteiger partial charge in [-0.25, -0.2) is 4.98 Å². The fourth-order valence-electron chi connectivity index (χ4n) is 2.97. The van der Waals surface area contributed by atoms with E-state index in [4.69, 9.17) is 9.26 Å². The molecule has 0 N–H and O–H groups in total. The van der Waals surface area contributed by atoms with Crippen LogP contribution in [0.2, 0.25) is 0 Å². The highest BCUT2D eigenvalue weighted by molar-refractivity contribution is 5.97. The van der Waals surface area contributed by atoms with Gasteiger partial charge in [-0.05, 0) is 39.4 Å². The van der Waals surface area contributed by atoms with E-state index in [1.54, 1.807) is 18.0 Å². The molecule has 0 spiro atoms. The SMILES string of the molecule is CCOc1nccc(C)c1C(=O)N1CCN(C)C(c2nc(C)no2)C1. The number of rotatable bonds is 4. The minimum absolute atomic E-state index is 0.0802. The summed E-state index contributed by atoms with van der Waals surface area (Å²) in [4.78, 5) is 25.6. The number of carbonyl (C=O) groups is 1. The molecule has 0 radical (unpaired) electrons. The van der Waals surface area contributed by atoms with Gasteiger partial charge in [0.15, 0.2) is 5.82 Å². The van der Waals surface area contributed by atoms with Gasteiger partial charge < -0.3 is 14.2 Å². The van der Waals surface area contributed by atoms with Crippen molar-refractivity contribution in [2.45, 2.75) is 26.8 Å². The molecule has 8 nitrogen and oxygen atoms in total. The van der Waals surface area contributed by atoms with Crippen molar-refractivity contribution >= 4 is 5.91 Å². The number of piperazine rings is 1. The van der Waals surface area contributed by atoms with Gasteiger partial charge >= 0.3 is 0 Å². The topological polar surface area (TPSA) is 84.6 Å². The molecule has 1 amide bonds. The first kappa shape index (κ1) is 17.3. The van der Waals surface area contributed by atoms with Crippen LogP contribution in [0.25, 0.3) is 0 Å². The van der Waals surface area contributed by atoms with E-state index < -0.39 is 0 Å². The quantitative estimate of drug-likeness (QED) is 0.832. The third-order valence-corrected chi connectivity index (χ3v) is 4.38. The van der Waals surface area contributed by atoms with Crippen LogP contribution in [0, 0.1) is 13.8 Å². The molecule has 2 aromatic heterocycles. The molecule has 0 aromatic carbocycles. The lowest BCUT2D eigenvalue weighted by Crippen LogP contribution is -2.49. The molecule has 1 saturated heterocycles. The second-order valence-corrected chi connectivity index (χ2v) is 6.17. The first-order chi connectivity index (χ1) is 12.0. The van der Waals surface area contributed by atoms with Crippen LogP contribution in [0.4, 0.5) is 0 Å². The molecule has 1 fully saturated rings. The van der Waals surface area contributed by atoms with Crippen LogP contribution in [0.5, 0.6) is 5.88 Å². The number of amides is 1. The minimum Gasteiger partial charge on any atom is -0.477 e. The Morgan fingerprint density at radius 2 is 2.20 bits per heavy atom. The minimum atomic E-state index is -0.119. The van der Waals surface area contributed by atoms with Crippen LogP contribution in [-0.2, 0) is 0 Å². The van der Waals surface area contributed by atoms with Gasteiger partial charge in [0.2, 0.25) is 11.8 Å². The van der Waals surface area contributed by atoms with Crippen LogP contribution < -0.4 is 4.74 Å². The molecule has 0 aliphatic carbocycles. The number of aryl methyl sites for hydroxylation is 2. The number of pyridine rings is 1. The lowest BCUT2D eigenvalue weighted by Gasteiger charge is -2.37. The maximum absolute atomic E-state index is 13.1. The lowest BCUT2D eigenvalue weighted by atomic mass is 10.1. The molecular formula is C17H23N5O3. The molecule has 1 unspecified atom stereocenters. The van der Waals surface area contributed by atoms with Gasteiger partial charge in [-0.1, -0.05) is 5.16 Å². The average Bonchev–Trinajstić information content (AvgIpc) is 3.01. The van der Waals surface area contributed by atoms with Gasteiger partial charge in [-0.2, -0.15) is 4.98 Å². The van der Waals surface area contributed by atoms with Crippen LogP contribution in [0.1, 0.15) is 40.6 Å². The summed E-state index contributed by atoms with van der Waals surface area (Å²) >= 11 is 0. The highest BCUT2D eigenvalue weighted by atomic mass is 16.5. The van der Waals surface area contributed by atoms with Crippen LogP contribution in [0.15, 0.2) is 16.8 Å². The first-order valence-corrected chi connectivity index (χ1v) is 8.39. The predicted molar refractivity (Wildman–Crippen MR) is 90.5 cm³/mol. The van der Waals surface area contributed by atoms with E-state index in [-0.39, 0.29) is 11.9 Å². The maximum Gasteiger partial charge on any atom is 0.259 e. The molecule has 0 bridgehead atoms. The monoisotopic (exact) mass is 345 g/mol. The zero-order valence-corrected chi connectivity index (χ0v) is 15.0. The van der Waals surface area contributed by atoms with Crippen LogP contribution in [0.3, 0.4) is 0 Å². The second kappa shape index (κ2) is 7.18. The molecule has 1 aliphatic heterocycles. The summed E-state index contributed by atoms with van der Waals surface area (Å²) < 4.78 is 10.9. The molecule has 25 heavy (non-hydrogen) atoms. The van der Waals surface area contributed by atoms with E-state index in [1.807, 2.05) is 27.0 Å². The summed E-state index contributed by atoms with van der Waals surface area (Å²) in [6.45, 7) is 7.85. The number of ether oxygens (including phenoxy) is 1. The number of likely N-dealkylation sites (N-methyl/N-ethyl adjacent to an activating group) is 1. The summed E-state index contributed by atoms with van der Waals surface area (Å²) in [5.41, 5.74) is 1.38. The first-order valence-electron chi connectivity index (χ1n) is 8.39. The van der Waals surface area contributed by atoms with E-state index >= 15 is 0 Å². The van der Waals surface area contributed by atoms with Gasteiger partial charge in [0.1, 0.15) is 11.6 Å². The number of aromatic nitrogens is 3. The Balaban J connectivity index is 1.86. The summed E-state index contributed by atoms with van der Waals surface area (Å²) in [6, 6.07) is 1.71. The molecule has 8 heteroatoms. The molecule has 3 rings (SSSR count). The molecule has 1 aliphatic rings. The smallest absolute Gasteiger partial charge is 0.259 e. The van der Waals surface area contributed by atoms with E-state index in [9.17, 15) is 4.79 Å². The highest BCUT2D eigenvalue weighted by Crippen LogP contribution is 2.27. The van der Waals surface area contributed by atoms with E-state index in [0.717, 1.165) is 12.1 Å². The van der Waals surface area contributed by atoms with Gasteiger partial charge in [-0.3, -0.25) is 9.69 Å².